The first-order chi connectivity index (χ1) is 9.06. The molecule has 2 atom stereocenters. The lowest BCUT2D eigenvalue weighted by atomic mass is 10.1. The number of hydrogen-bond donors (Lipinski definition) is 1. The number of nitrogens with one attached hydrogen (secondary N) is 1. The van der Waals surface area contributed by atoms with Gasteiger partial charge in [-0.2, -0.15) is 0 Å². The molecule has 1 aromatic heterocycles. The SMILES string of the molecule is Cc1nccn1CCCC(=O)N1C[C@@H](C)N[C@@H](C)C1. The summed E-state index contributed by atoms with van der Waals surface area (Å²) in [5.41, 5.74) is 0. The van der Waals surface area contributed by atoms with Crippen LogP contribution < -0.4 is 5.32 Å². The van der Waals surface area contributed by atoms with Crippen molar-refractivity contribution in [1.29, 1.82) is 0 Å². The number of rotatable bonds is 4. The Morgan fingerprint density at radius 2 is 2.11 bits per heavy atom. The molecular weight excluding hydrogens is 240 g/mol. The van der Waals surface area contributed by atoms with Gasteiger partial charge in [0.05, 0.1) is 0 Å². The topological polar surface area (TPSA) is 50.2 Å². The van der Waals surface area contributed by atoms with E-state index in [4.69, 9.17) is 0 Å². The van der Waals surface area contributed by atoms with Gasteiger partial charge in [-0.05, 0) is 27.2 Å². The first kappa shape index (κ1) is 14.1. The number of nitrogens with zero attached hydrogens (tertiary/aromatic N) is 3. The molecule has 1 amide bonds. The molecule has 0 unspecified atom stereocenters. The highest BCUT2D eigenvalue weighted by Crippen LogP contribution is 2.08. The molecule has 19 heavy (non-hydrogen) atoms. The molecule has 0 spiro atoms. The third-order valence-electron chi connectivity index (χ3n) is 3.62. The smallest absolute Gasteiger partial charge is 0.222 e. The number of piperazine rings is 1. The van der Waals surface area contributed by atoms with Crippen LogP contribution in [-0.4, -0.2) is 45.5 Å². The van der Waals surface area contributed by atoms with Gasteiger partial charge in [-0.3, -0.25) is 4.79 Å². The van der Waals surface area contributed by atoms with E-state index in [1.54, 1.807) is 6.20 Å². The van der Waals surface area contributed by atoms with Crippen molar-refractivity contribution in [1.82, 2.24) is 19.8 Å². The Labute approximate surface area is 115 Å². The number of carbonyl (C=O) groups is 1. The molecule has 2 rings (SSSR count). The summed E-state index contributed by atoms with van der Waals surface area (Å²) < 4.78 is 2.09. The Balaban J connectivity index is 1.76. The molecule has 1 saturated heterocycles. The van der Waals surface area contributed by atoms with Crippen molar-refractivity contribution >= 4 is 5.91 Å². The quantitative estimate of drug-likeness (QED) is 0.888. The van der Waals surface area contributed by atoms with Gasteiger partial charge in [0.15, 0.2) is 0 Å². The van der Waals surface area contributed by atoms with Crippen LogP contribution in [0.3, 0.4) is 0 Å². The minimum absolute atomic E-state index is 0.276. The maximum Gasteiger partial charge on any atom is 0.222 e. The zero-order valence-corrected chi connectivity index (χ0v) is 12.1. The number of aryl methyl sites for hydroxylation is 2. The summed E-state index contributed by atoms with van der Waals surface area (Å²) in [6, 6.07) is 0.784. The zero-order chi connectivity index (χ0) is 13.8. The van der Waals surface area contributed by atoms with E-state index in [0.717, 1.165) is 31.9 Å². The number of carbonyl (C=O) groups excluding carboxylic acids is 1. The lowest BCUT2D eigenvalue weighted by Gasteiger charge is -2.36. The van der Waals surface area contributed by atoms with E-state index in [1.807, 2.05) is 18.0 Å². The molecule has 5 nitrogen and oxygen atoms in total. The summed E-state index contributed by atoms with van der Waals surface area (Å²) in [4.78, 5) is 18.4. The van der Waals surface area contributed by atoms with Gasteiger partial charge < -0.3 is 14.8 Å². The van der Waals surface area contributed by atoms with Crippen LogP contribution in [-0.2, 0) is 11.3 Å². The van der Waals surface area contributed by atoms with Gasteiger partial charge in [0, 0.05) is 50.5 Å². The van der Waals surface area contributed by atoms with Gasteiger partial charge in [0.25, 0.3) is 0 Å². The summed E-state index contributed by atoms with van der Waals surface area (Å²) >= 11 is 0. The summed E-state index contributed by atoms with van der Waals surface area (Å²) in [6.07, 6.45) is 5.27. The van der Waals surface area contributed by atoms with Crippen molar-refractivity contribution in [3.8, 4) is 0 Å². The van der Waals surface area contributed by atoms with Gasteiger partial charge in [-0.25, -0.2) is 4.98 Å². The first-order valence-electron chi connectivity index (χ1n) is 7.08. The van der Waals surface area contributed by atoms with Crippen LogP contribution in [0.2, 0.25) is 0 Å². The Bertz CT molecular complexity index is 419. The minimum Gasteiger partial charge on any atom is -0.340 e. The Hall–Kier alpha value is -1.36. The highest BCUT2D eigenvalue weighted by atomic mass is 16.2. The fourth-order valence-corrected chi connectivity index (χ4v) is 2.73. The molecule has 1 aliphatic heterocycles. The molecule has 0 bridgehead atoms. The van der Waals surface area contributed by atoms with Crippen LogP contribution in [0.1, 0.15) is 32.5 Å². The van der Waals surface area contributed by atoms with E-state index >= 15 is 0 Å². The molecule has 0 aromatic carbocycles. The van der Waals surface area contributed by atoms with Crippen molar-refractivity contribution in [2.75, 3.05) is 13.1 Å². The minimum atomic E-state index is 0.276. The molecule has 0 saturated carbocycles. The summed E-state index contributed by atoms with van der Waals surface area (Å²) in [6.45, 7) is 8.77. The van der Waals surface area contributed by atoms with Gasteiger partial charge >= 0.3 is 0 Å². The van der Waals surface area contributed by atoms with E-state index in [2.05, 4.69) is 28.7 Å². The molecule has 1 aromatic rings. The predicted molar refractivity (Wildman–Crippen MR) is 74.8 cm³/mol. The van der Waals surface area contributed by atoms with Crippen LogP contribution in [0.5, 0.6) is 0 Å². The molecule has 0 aliphatic carbocycles. The molecule has 1 fully saturated rings. The number of hydrogen-bond acceptors (Lipinski definition) is 3. The van der Waals surface area contributed by atoms with Crippen LogP contribution in [0, 0.1) is 6.92 Å². The van der Waals surface area contributed by atoms with Crippen molar-refractivity contribution < 1.29 is 4.79 Å². The van der Waals surface area contributed by atoms with Crippen LogP contribution in [0.25, 0.3) is 0 Å². The van der Waals surface area contributed by atoms with E-state index in [-0.39, 0.29) is 5.91 Å². The Morgan fingerprint density at radius 1 is 1.42 bits per heavy atom. The van der Waals surface area contributed by atoms with Gasteiger partial charge in [0.1, 0.15) is 5.82 Å². The average molecular weight is 264 g/mol. The van der Waals surface area contributed by atoms with E-state index in [1.165, 1.54) is 0 Å². The van der Waals surface area contributed by atoms with Gasteiger partial charge in [0.2, 0.25) is 5.91 Å². The zero-order valence-electron chi connectivity index (χ0n) is 12.1. The molecular formula is C14H24N4O. The Kier molecular flexibility index (Phi) is 4.58. The van der Waals surface area contributed by atoms with Crippen LogP contribution in [0.4, 0.5) is 0 Å². The molecule has 1 N–H and O–H groups in total. The van der Waals surface area contributed by atoms with E-state index in [0.29, 0.717) is 18.5 Å². The van der Waals surface area contributed by atoms with Crippen molar-refractivity contribution in [2.24, 2.45) is 0 Å². The molecule has 106 valence electrons. The summed E-state index contributed by atoms with van der Waals surface area (Å²) in [5.74, 6) is 1.29. The third kappa shape index (κ3) is 3.80. The molecule has 2 heterocycles. The number of imidazole rings is 1. The van der Waals surface area contributed by atoms with Crippen molar-refractivity contribution in [2.45, 2.75) is 52.2 Å². The highest BCUT2D eigenvalue weighted by Gasteiger charge is 2.24. The monoisotopic (exact) mass is 264 g/mol. The van der Waals surface area contributed by atoms with Crippen LogP contribution in [0.15, 0.2) is 12.4 Å². The highest BCUT2D eigenvalue weighted by molar-refractivity contribution is 5.76. The first-order valence-corrected chi connectivity index (χ1v) is 7.08. The fourth-order valence-electron chi connectivity index (χ4n) is 2.73. The average Bonchev–Trinajstić information content (AvgIpc) is 2.74. The van der Waals surface area contributed by atoms with Crippen LogP contribution >= 0.6 is 0 Å². The second-order valence-electron chi connectivity index (χ2n) is 5.54. The second kappa shape index (κ2) is 6.19. The third-order valence-corrected chi connectivity index (χ3v) is 3.62. The lowest BCUT2D eigenvalue weighted by molar-refractivity contribution is -0.133. The normalized spacial score (nSPS) is 23.6. The van der Waals surface area contributed by atoms with E-state index < -0.39 is 0 Å². The molecule has 0 radical (unpaired) electrons. The number of amides is 1. The van der Waals surface area contributed by atoms with Crippen molar-refractivity contribution in [3.63, 3.8) is 0 Å². The Morgan fingerprint density at radius 3 is 2.68 bits per heavy atom. The lowest BCUT2D eigenvalue weighted by Crippen LogP contribution is -2.55. The predicted octanol–water partition coefficient (Wildman–Crippen LogP) is 1.18. The van der Waals surface area contributed by atoms with Gasteiger partial charge in [-0.1, -0.05) is 0 Å². The van der Waals surface area contributed by atoms with Gasteiger partial charge in [-0.15, -0.1) is 0 Å². The van der Waals surface area contributed by atoms with Crippen molar-refractivity contribution in [3.05, 3.63) is 18.2 Å². The largest absolute Gasteiger partial charge is 0.340 e. The maximum atomic E-state index is 12.2. The fraction of sp³-hybridized carbons (Fsp3) is 0.714. The molecule has 5 heteroatoms. The summed E-state index contributed by atoms with van der Waals surface area (Å²) in [5, 5.41) is 3.44. The summed E-state index contributed by atoms with van der Waals surface area (Å²) in [7, 11) is 0. The molecule has 1 aliphatic rings. The standard InChI is InChI=1S/C14H24N4O/c1-11-9-18(10-12(2)16-11)14(19)5-4-7-17-8-6-15-13(17)3/h6,8,11-12,16H,4-5,7,9-10H2,1-3H3/t11-,12+. The second-order valence-corrected chi connectivity index (χ2v) is 5.54. The maximum absolute atomic E-state index is 12.2. The van der Waals surface area contributed by atoms with E-state index in [9.17, 15) is 4.79 Å². The number of aromatic nitrogens is 2.